The fourth-order valence-corrected chi connectivity index (χ4v) is 2.96. The molecule has 2 rings (SSSR count). The molecule has 1 atom stereocenters. The predicted molar refractivity (Wildman–Crippen MR) is 90.7 cm³/mol. The maximum atomic E-state index is 14.2. The van der Waals surface area contributed by atoms with Crippen molar-refractivity contribution >= 4 is 40.7 Å². The summed E-state index contributed by atoms with van der Waals surface area (Å²) in [6.45, 7) is 6.14. The summed E-state index contributed by atoms with van der Waals surface area (Å²) in [6, 6.07) is 5.81. The van der Waals surface area contributed by atoms with Crippen LogP contribution in [-0.4, -0.2) is 31.1 Å². The monoisotopic (exact) mass is 386 g/mol. The summed E-state index contributed by atoms with van der Waals surface area (Å²) in [4.78, 5) is 2.39. The number of halogens is 4. The average molecular weight is 388 g/mol. The van der Waals surface area contributed by atoms with Crippen LogP contribution in [0.25, 0.3) is 0 Å². The van der Waals surface area contributed by atoms with Gasteiger partial charge in [0.25, 0.3) is 0 Å². The molecule has 2 nitrogen and oxygen atoms in total. The van der Waals surface area contributed by atoms with E-state index in [-0.39, 0.29) is 36.7 Å². The van der Waals surface area contributed by atoms with E-state index in [0.29, 0.717) is 4.47 Å². The molecule has 0 saturated carbocycles. The topological polar surface area (TPSA) is 15.3 Å². The second-order valence-corrected chi connectivity index (χ2v) is 5.59. The number of hydrogen-bond donors (Lipinski definition) is 1. The van der Waals surface area contributed by atoms with E-state index in [9.17, 15) is 4.39 Å². The summed E-state index contributed by atoms with van der Waals surface area (Å²) in [5, 5.41) is 3.34. The summed E-state index contributed by atoms with van der Waals surface area (Å²) in [7, 11) is 0. The van der Waals surface area contributed by atoms with Crippen molar-refractivity contribution in [3.8, 4) is 0 Å². The zero-order chi connectivity index (χ0) is 13.0. The molecular formula is C14H22BrCl2FN2. The Morgan fingerprint density at radius 2 is 1.95 bits per heavy atom. The first-order chi connectivity index (χ1) is 8.74. The van der Waals surface area contributed by atoms with Crippen molar-refractivity contribution in [1.82, 2.24) is 10.2 Å². The van der Waals surface area contributed by atoms with Crippen molar-refractivity contribution in [2.24, 2.45) is 0 Å². The van der Waals surface area contributed by atoms with Crippen molar-refractivity contribution in [1.29, 1.82) is 0 Å². The first kappa shape index (κ1) is 20.1. The summed E-state index contributed by atoms with van der Waals surface area (Å²) in [6.07, 6.45) is 2.08. The lowest BCUT2D eigenvalue weighted by Crippen LogP contribution is -2.45. The van der Waals surface area contributed by atoms with Crippen LogP contribution in [0.2, 0.25) is 0 Å². The lowest BCUT2D eigenvalue weighted by Gasteiger charge is -2.35. The fourth-order valence-electron chi connectivity index (χ4n) is 2.58. The molecule has 0 aliphatic carbocycles. The van der Waals surface area contributed by atoms with E-state index >= 15 is 0 Å². The van der Waals surface area contributed by atoms with E-state index in [2.05, 4.69) is 33.1 Å². The minimum Gasteiger partial charge on any atom is -0.314 e. The predicted octanol–water partition coefficient (Wildman–Crippen LogP) is 4.18. The minimum absolute atomic E-state index is 0. The van der Waals surface area contributed by atoms with Crippen LogP contribution >= 0.6 is 40.7 Å². The van der Waals surface area contributed by atoms with Crippen LogP contribution in [0.15, 0.2) is 22.7 Å². The molecule has 0 aromatic heterocycles. The van der Waals surface area contributed by atoms with E-state index in [1.165, 1.54) is 0 Å². The third-order valence-corrected chi connectivity index (χ3v) is 4.11. The Bertz CT molecular complexity index is 401. The van der Waals surface area contributed by atoms with Gasteiger partial charge in [-0.05, 0) is 28.4 Å². The lowest BCUT2D eigenvalue weighted by atomic mass is 9.99. The molecule has 0 bridgehead atoms. The molecule has 1 saturated heterocycles. The van der Waals surface area contributed by atoms with Crippen LogP contribution in [0.3, 0.4) is 0 Å². The van der Waals surface area contributed by atoms with Gasteiger partial charge < -0.3 is 5.32 Å². The highest BCUT2D eigenvalue weighted by atomic mass is 79.9. The first-order valence-electron chi connectivity index (χ1n) is 6.62. The van der Waals surface area contributed by atoms with Crippen LogP contribution in [0.1, 0.15) is 31.4 Å². The third-order valence-electron chi connectivity index (χ3n) is 3.49. The molecule has 0 amide bonds. The van der Waals surface area contributed by atoms with Crippen LogP contribution in [0.4, 0.5) is 4.39 Å². The van der Waals surface area contributed by atoms with E-state index in [1.807, 2.05) is 12.1 Å². The van der Waals surface area contributed by atoms with Crippen LogP contribution in [-0.2, 0) is 0 Å². The second-order valence-electron chi connectivity index (χ2n) is 4.73. The van der Waals surface area contributed by atoms with Gasteiger partial charge in [-0.2, -0.15) is 0 Å². The number of nitrogens with one attached hydrogen (secondary N) is 1. The van der Waals surface area contributed by atoms with Crippen molar-refractivity contribution in [2.75, 3.05) is 26.2 Å². The van der Waals surface area contributed by atoms with Crippen molar-refractivity contribution < 1.29 is 4.39 Å². The highest BCUT2D eigenvalue weighted by Gasteiger charge is 2.24. The molecule has 116 valence electrons. The molecule has 0 radical (unpaired) electrons. The summed E-state index contributed by atoms with van der Waals surface area (Å²) in [5.41, 5.74) is 0.827. The van der Waals surface area contributed by atoms with Gasteiger partial charge in [0.1, 0.15) is 5.82 Å². The molecule has 6 heteroatoms. The molecule has 1 aliphatic rings. The summed E-state index contributed by atoms with van der Waals surface area (Å²) in [5.74, 6) is -0.102. The Balaban J connectivity index is 0.00000180. The van der Waals surface area contributed by atoms with Gasteiger partial charge in [0.2, 0.25) is 0 Å². The van der Waals surface area contributed by atoms with Gasteiger partial charge in [-0.15, -0.1) is 24.8 Å². The summed E-state index contributed by atoms with van der Waals surface area (Å²) < 4.78 is 14.8. The standard InChI is InChI=1S/C14H20BrFN2.2ClH/c1-2-4-13(18-9-7-17-8-10-18)11-5-3-6-12(15)14(11)16;;/h3,5-6,13,17H,2,4,7-10H2,1H3;2*1H/t13-;;/m1../s1. The highest BCUT2D eigenvalue weighted by Crippen LogP contribution is 2.31. The van der Waals surface area contributed by atoms with Gasteiger partial charge in [0, 0.05) is 37.8 Å². The molecule has 1 heterocycles. The zero-order valence-electron chi connectivity index (χ0n) is 11.6. The molecule has 1 aromatic carbocycles. The van der Waals surface area contributed by atoms with Gasteiger partial charge in [-0.25, -0.2) is 4.39 Å². The van der Waals surface area contributed by atoms with E-state index in [0.717, 1.165) is 44.6 Å². The minimum atomic E-state index is -0.102. The number of rotatable bonds is 4. The van der Waals surface area contributed by atoms with E-state index < -0.39 is 0 Å². The second kappa shape index (κ2) is 9.96. The Morgan fingerprint density at radius 3 is 2.55 bits per heavy atom. The Labute approximate surface area is 141 Å². The first-order valence-corrected chi connectivity index (χ1v) is 7.42. The van der Waals surface area contributed by atoms with Gasteiger partial charge in [0.15, 0.2) is 0 Å². The third kappa shape index (κ3) is 4.85. The highest BCUT2D eigenvalue weighted by molar-refractivity contribution is 9.10. The maximum absolute atomic E-state index is 14.2. The van der Waals surface area contributed by atoms with Gasteiger partial charge in [-0.1, -0.05) is 25.5 Å². The number of nitrogens with zero attached hydrogens (tertiary/aromatic N) is 1. The average Bonchev–Trinajstić information content (AvgIpc) is 2.41. The molecular weight excluding hydrogens is 366 g/mol. The Kier molecular flexibility index (Phi) is 10.0. The quantitative estimate of drug-likeness (QED) is 0.833. The van der Waals surface area contributed by atoms with Gasteiger partial charge in [0.05, 0.1) is 4.47 Å². The molecule has 1 N–H and O–H groups in total. The number of piperazine rings is 1. The number of benzene rings is 1. The molecule has 0 unspecified atom stereocenters. The van der Waals surface area contributed by atoms with Crippen LogP contribution in [0.5, 0.6) is 0 Å². The molecule has 20 heavy (non-hydrogen) atoms. The molecule has 1 aliphatic heterocycles. The van der Waals surface area contributed by atoms with Gasteiger partial charge >= 0.3 is 0 Å². The molecule has 0 spiro atoms. The Morgan fingerprint density at radius 1 is 1.30 bits per heavy atom. The van der Waals surface area contributed by atoms with Crippen molar-refractivity contribution in [2.45, 2.75) is 25.8 Å². The molecule has 1 aromatic rings. The molecule has 1 fully saturated rings. The fraction of sp³-hybridized carbons (Fsp3) is 0.571. The number of hydrogen-bond acceptors (Lipinski definition) is 2. The lowest BCUT2D eigenvalue weighted by molar-refractivity contribution is 0.161. The van der Waals surface area contributed by atoms with Crippen LogP contribution in [0, 0.1) is 5.82 Å². The van der Waals surface area contributed by atoms with E-state index in [4.69, 9.17) is 0 Å². The Hall–Kier alpha value is 0.130. The SMILES string of the molecule is CCC[C@H](c1cccc(Br)c1F)N1CCNCC1.Cl.Cl. The van der Waals surface area contributed by atoms with Crippen molar-refractivity contribution in [3.63, 3.8) is 0 Å². The summed E-state index contributed by atoms with van der Waals surface area (Å²) >= 11 is 3.28. The zero-order valence-corrected chi connectivity index (χ0v) is 14.8. The maximum Gasteiger partial charge on any atom is 0.142 e. The largest absolute Gasteiger partial charge is 0.314 e. The van der Waals surface area contributed by atoms with Crippen LogP contribution < -0.4 is 5.32 Å². The normalized spacial score (nSPS) is 16.9. The van der Waals surface area contributed by atoms with E-state index in [1.54, 1.807) is 6.07 Å². The van der Waals surface area contributed by atoms with Crippen molar-refractivity contribution in [3.05, 3.63) is 34.1 Å². The smallest absolute Gasteiger partial charge is 0.142 e. The van der Waals surface area contributed by atoms with Gasteiger partial charge in [-0.3, -0.25) is 4.90 Å².